The lowest BCUT2D eigenvalue weighted by Gasteiger charge is -2.06. The number of nitrogens with one attached hydrogen (secondary N) is 1. The second-order valence-electron chi connectivity index (χ2n) is 7.01. The molecule has 0 atom stereocenters. The van der Waals surface area contributed by atoms with Crippen LogP contribution in [0, 0.1) is 6.92 Å². The summed E-state index contributed by atoms with van der Waals surface area (Å²) in [6, 6.07) is 21.3. The van der Waals surface area contributed by atoms with Crippen molar-refractivity contribution in [3.05, 3.63) is 95.4 Å². The molecule has 6 heteroatoms. The van der Waals surface area contributed by atoms with E-state index in [4.69, 9.17) is 9.15 Å². The maximum Gasteiger partial charge on any atom is 0.255 e. The lowest BCUT2D eigenvalue weighted by Crippen LogP contribution is -2.23. The van der Waals surface area contributed by atoms with Crippen LogP contribution in [-0.4, -0.2) is 22.8 Å². The monoisotopic (exact) mass is 401 g/mol. The van der Waals surface area contributed by atoms with E-state index >= 15 is 0 Å². The van der Waals surface area contributed by atoms with Gasteiger partial charge in [-0.05, 0) is 42.3 Å². The molecule has 0 aliphatic carbocycles. The number of carbonyl (C=O) groups excluding carboxylic acids is 1. The van der Waals surface area contributed by atoms with Gasteiger partial charge >= 0.3 is 0 Å². The van der Waals surface area contributed by atoms with Gasteiger partial charge in [0.25, 0.3) is 5.91 Å². The van der Waals surface area contributed by atoms with Crippen molar-refractivity contribution in [3.8, 4) is 17.1 Å². The number of methoxy groups -OCH3 is 1. The quantitative estimate of drug-likeness (QED) is 0.494. The molecule has 0 aliphatic heterocycles. The average molecular weight is 401 g/mol. The van der Waals surface area contributed by atoms with Gasteiger partial charge in [-0.25, -0.2) is 4.68 Å². The molecule has 0 aliphatic rings. The fourth-order valence-corrected chi connectivity index (χ4v) is 3.19. The molecular weight excluding hydrogens is 378 g/mol. The number of amides is 1. The van der Waals surface area contributed by atoms with E-state index < -0.39 is 0 Å². The minimum absolute atomic E-state index is 0.206. The van der Waals surface area contributed by atoms with Crippen LogP contribution in [0.4, 0.5) is 0 Å². The van der Waals surface area contributed by atoms with Crippen molar-refractivity contribution in [2.24, 2.45) is 0 Å². The summed E-state index contributed by atoms with van der Waals surface area (Å²) in [5.41, 5.74) is 3.94. The lowest BCUT2D eigenvalue weighted by atomic mass is 10.1. The predicted molar refractivity (Wildman–Crippen MR) is 114 cm³/mol. The molecule has 1 amide bonds. The molecule has 2 heterocycles. The number of furan rings is 1. The molecule has 0 radical (unpaired) electrons. The van der Waals surface area contributed by atoms with Crippen molar-refractivity contribution in [1.29, 1.82) is 0 Å². The first-order chi connectivity index (χ1) is 14.6. The molecule has 0 unspecified atom stereocenters. The maximum absolute atomic E-state index is 13.0. The number of ether oxygens (including phenoxy) is 1. The Kier molecular flexibility index (Phi) is 5.77. The molecule has 30 heavy (non-hydrogen) atoms. The third kappa shape index (κ3) is 4.34. The van der Waals surface area contributed by atoms with Gasteiger partial charge in [-0.2, -0.15) is 5.10 Å². The fraction of sp³-hybridized carbons (Fsp3) is 0.167. The molecule has 0 bridgehead atoms. The van der Waals surface area contributed by atoms with E-state index in [0.717, 1.165) is 22.6 Å². The molecule has 0 saturated heterocycles. The summed E-state index contributed by atoms with van der Waals surface area (Å²) >= 11 is 0. The zero-order valence-electron chi connectivity index (χ0n) is 17.0. The van der Waals surface area contributed by atoms with Crippen molar-refractivity contribution >= 4 is 5.91 Å². The molecule has 2 aromatic heterocycles. The summed E-state index contributed by atoms with van der Waals surface area (Å²) in [7, 11) is 1.67. The van der Waals surface area contributed by atoms with Crippen molar-refractivity contribution in [1.82, 2.24) is 15.1 Å². The Morgan fingerprint density at radius 1 is 1.03 bits per heavy atom. The smallest absolute Gasteiger partial charge is 0.255 e. The van der Waals surface area contributed by atoms with Crippen LogP contribution in [0.15, 0.2) is 77.3 Å². The van der Waals surface area contributed by atoms with Crippen LogP contribution in [0.3, 0.4) is 0 Å². The molecule has 0 spiro atoms. The summed E-state index contributed by atoms with van der Waals surface area (Å²) in [5, 5.41) is 7.60. The summed E-state index contributed by atoms with van der Waals surface area (Å²) < 4.78 is 12.6. The van der Waals surface area contributed by atoms with Crippen molar-refractivity contribution in [2.45, 2.75) is 20.1 Å². The Morgan fingerprint density at radius 3 is 2.43 bits per heavy atom. The van der Waals surface area contributed by atoms with Crippen LogP contribution in [0.5, 0.6) is 0 Å². The maximum atomic E-state index is 13.0. The Bertz CT molecular complexity index is 1130. The number of rotatable bonds is 7. The topological polar surface area (TPSA) is 69.3 Å². The number of nitrogens with zero attached hydrogens (tertiary/aromatic N) is 2. The second kappa shape index (κ2) is 8.80. The largest absolute Gasteiger partial charge is 0.460 e. The Morgan fingerprint density at radius 2 is 1.77 bits per heavy atom. The summed E-state index contributed by atoms with van der Waals surface area (Å²) in [6.07, 6.45) is 1.74. The Hall–Kier alpha value is -3.64. The molecule has 0 saturated carbocycles. The average Bonchev–Trinajstić information content (AvgIpc) is 3.40. The van der Waals surface area contributed by atoms with E-state index in [1.54, 1.807) is 18.0 Å². The lowest BCUT2D eigenvalue weighted by molar-refractivity contribution is 0.0951. The Labute approximate surface area is 175 Å². The zero-order valence-corrected chi connectivity index (χ0v) is 17.0. The van der Waals surface area contributed by atoms with Crippen LogP contribution in [0.1, 0.15) is 27.2 Å². The van der Waals surface area contributed by atoms with E-state index in [0.29, 0.717) is 30.2 Å². The van der Waals surface area contributed by atoms with E-state index in [1.165, 1.54) is 0 Å². The number of para-hydroxylation sites is 1. The number of carbonyl (C=O) groups is 1. The van der Waals surface area contributed by atoms with Crippen LogP contribution in [0.2, 0.25) is 0 Å². The first-order valence-corrected chi connectivity index (χ1v) is 9.71. The molecule has 152 valence electrons. The highest BCUT2D eigenvalue weighted by atomic mass is 16.5. The van der Waals surface area contributed by atoms with Gasteiger partial charge in [-0.1, -0.05) is 42.5 Å². The summed E-state index contributed by atoms with van der Waals surface area (Å²) in [5.74, 6) is 1.13. The first kappa shape index (κ1) is 19.7. The molecule has 1 N–H and O–H groups in total. The van der Waals surface area contributed by atoms with Gasteiger partial charge in [0.2, 0.25) is 0 Å². The van der Waals surface area contributed by atoms with Crippen LogP contribution < -0.4 is 5.32 Å². The van der Waals surface area contributed by atoms with Crippen molar-refractivity contribution < 1.29 is 13.9 Å². The van der Waals surface area contributed by atoms with E-state index in [-0.39, 0.29) is 5.91 Å². The van der Waals surface area contributed by atoms with Gasteiger partial charge in [0, 0.05) is 19.9 Å². The molecule has 0 fully saturated rings. The van der Waals surface area contributed by atoms with E-state index in [2.05, 4.69) is 10.4 Å². The van der Waals surface area contributed by atoms with Gasteiger partial charge in [0.05, 0.1) is 17.9 Å². The Balaban J connectivity index is 1.58. The molecule has 6 nitrogen and oxygen atoms in total. The van der Waals surface area contributed by atoms with Crippen LogP contribution in [-0.2, 0) is 17.9 Å². The molecule has 4 rings (SSSR count). The first-order valence-electron chi connectivity index (χ1n) is 9.71. The van der Waals surface area contributed by atoms with Gasteiger partial charge in [0.1, 0.15) is 11.5 Å². The molecule has 2 aromatic carbocycles. The van der Waals surface area contributed by atoms with E-state index in [9.17, 15) is 4.79 Å². The summed E-state index contributed by atoms with van der Waals surface area (Å²) in [4.78, 5) is 13.0. The van der Waals surface area contributed by atoms with Crippen LogP contribution >= 0.6 is 0 Å². The van der Waals surface area contributed by atoms with Gasteiger partial charge in [-0.3, -0.25) is 4.79 Å². The van der Waals surface area contributed by atoms with Crippen molar-refractivity contribution in [2.75, 3.05) is 7.11 Å². The minimum Gasteiger partial charge on any atom is -0.460 e. The van der Waals surface area contributed by atoms with Crippen molar-refractivity contribution in [3.63, 3.8) is 0 Å². The fourth-order valence-electron chi connectivity index (χ4n) is 3.19. The number of hydrogen-bond donors (Lipinski definition) is 1. The number of hydrogen-bond acceptors (Lipinski definition) is 4. The molecule has 4 aromatic rings. The highest BCUT2D eigenvalue weighted by Gasteiger charge is 2.20. The molecular formula is C24H23N3O3. The van der Waals surface area contributed by atoms with Gasteiger partial charge in [0.15, 0.2) is 5.76 Å². The highest BCUT2D eigenvalue weighted by molar-refractivity contribution is 5.99. The van der Waals surface area contributed by atoms with E-state index in [1.807, 2.05) is 73.7 Å². The third-order valence-electron chi connectivity index (χ3n) is 4.74. The highest BCUT2D eigenvalue weighted by Crippen LogP contribution is 2.25. The third-order valence-corrected chi connectivity index (χ3v) is 4.74. The standard InChI is InChI=1S/C24H23N3O3/c1-17-8-13-22(30-17)23-21(15-27(26-23)20-6-4-3-5-7-20)24(28)25-14-18-9-11-19(12-10-18)16-29-2/h3-13,15H,14,16H2,1-2H3,(H,25,28). The minimum atomic E-state index is -0.206. The summed E-state index contributed by atoms with van der Waals surface area (Å²) in [6.45, 7) is 2.85. The SMILES string of the molecule is COCc1ccc(CNC(=O)c2cn(-c3ccccc3)nc2-c2ccc(C)o2)cc1. The number of aryl methyl sites for hydroxylation is 1. The van der Waals surface area contributed by atoms with Crippen LogP contribution in [0.25, 0.3) is 17.1 Å². The number of aromatic nitrogens is 2. The van der Waals surface area contributed by atoms with Gasteiger partial charge < -0.3 is 14.5 Å². The van der Waals surface area contributed by atoms with Gasteiger partial charge in [-0.15, -0.1) is 0 Å². The number of benzene rings is 2. The zero-order chi connectivity index (χ0) is 20.9. The normalized spacial score (nSPS) is 10.9. The predicted octanol–water partition coefficient (Wildman–Crippen LogP) is 4.52. The second-order valence-corrected chi connectivity index (χ2v) is 7.01.